The van der Waals surface area contributed by atoms with Gasteiger partial charge in [0.1, 0.15) is 5.00 Å². The molecule has 0 unspecified atom stereocenters. The molecule has 4 rings (SSSR count). The summed E-state index contributed by atoms with van der Waals surface area (Å²) >= 11 is 8.97. The number of thiophene rings is 1. The van der Waals surface area contributed by atoms with Crippen molar-refractivity contribution in [3.05, 3.63) is 81.2 Å². The number of primary amides is 1. The van der Waals surface area contributed by atoms with Gasteiger partial charge < -0.3 is 11.1 Å². The summed E-state index contributed by atoms with van der Waals surface area (Å²) in [6.07, 6.45) is 1.09. The number of fused-ring (bicyclic) bond motifs is 1. The summed E-state index contributed by atoms with van der Waals surface area (Å²) < 4.78 is 0. The Morgan fingerprint density at radius 2 is 1.85 bits per heavy atom. The van der Waals surface area contributed by atoms with Gasteiger partial charge in [-0.1, -0.05) is 41.9 Å². The Morgan fingerprint density at radius 1 is 1.12 bits per heavy atom. The van der Waals surface area contributed by atoms with E-state index in [1.165, 1.54) is 16.9 Å². The molecule has 0 atom stereocenters. The van der Waals surface area contributed by atoms with Crippen molar-refractivity contribution in [2.45, 2.75) is 30.8 Å². The highest BCUT2D eigenvalue weighted by Gasteiger charge is 2.27. The second-order valence-corrected chi connectivity index (χ2v) is 10.3. The Morgan fingerprint density at radius 3 is 2.55 bits per heavy atom. The van der Waals surface area contributed by atoms with Crippen LogP contribution in [0.25, 0.3) is 0 Å². The summed E-state index contributed by atoms with van der Waals surface area (Å²) in [6.45, 7) is 2.45. The fourth-order valence-electron chi connectivity index (χ4n) is 3.76. The number of rotatable bonds is 8. The van der Waals surface area contributed by atoms with Crippen molar-refractivity contribution in [1.29, 1.82) is 0 Å². The number of nitrogens with one attached hydrogen (secondary N) is 1. The Hall–Kier alpha value is -2.03. The van der Waals surface area contributed by atoms with E-state index < -0.39 is 5.91 Å². The number of anilines is 1. The third-order valence-corrected chi connectivity index (χ3v) is 7.69. The van der Waals surface area contributed by atoms with Crippen LogP contribution in [0, 0.1) is 0 Å². The van der Waals surface area contributed by atoms with E-state index in [1.807, 2.05) is 42.5 Å². The molecule has 5 nitrogen and oxygen atoms in total. The van der Waals surface area contributed by atoms with Crippen molar-refractivity contribution in [2.24, 2.45) is 5.73 Å². The van der Waals surface area contributed by atoms with Gasteiger partial charge in [-0.2, -0.15) is 0 Å². The van der Waals surface area contributed by atoms with Gasteiger partial charge in [0.05, 0.1) is 5.56 Å². The van der Waals surface area contributed by atoms with Crippen molar-refractivity contribution in [2.75, 3.05) is 17.6 Å². The second-order valence-electron chi connectivity index (χ2n) is 7.62. The van der Waals surface area contributed by atoms with Crippen molar-refractivity contribution in [1.82, 2.24) is 4.90 Å². The quantitative estimate of drug-likeness (QED) is 0.378. The number of amides is 2. The number of carbonyl (C=O) groups is 2. The molecule has 0 aliphatic carbocycles. The minimum atomic E-state index is -0.482. The summed E-state index contributed by atoms with van der Waals surface area (Å²) in [6, 6.07) is 17.9. The average Bonchev–Trinajstić information content (AvgIpc) is 3.13. The maximum Gasteiger partial charge on any atom is 0.251 e. The van der Waals surface area contributed by atoms with Crippen molar-refractivity contribution in [3.63, 3.8) is 0 Å². The van der Waals surface area contributed by atoms with Crippen LogP contribution in [0.2, 0.25) is 5.02 Å². The smallest absolute Gasteiger partial charge is 0.251 e. The lowest BCUT2D eigenvalue weighted by Gasteiger charge is -2.27. The lowest BCUT2D eigenvalue weighted by atomic mass is 10.0. The minimum absolute atomic E-state index is 0. The van der Waals surface area contributed by atoms with Crippen LogP contribution in [0.4, 0.5) is 5.00 Å². The molecule has 1 aliphatic rings. The van der Waals surface area contributed by atoms with E-state index in [1.54, 1.807) is 11.8 Å². The van der Waals surface area contributed by atoms with E-state index in [0.29, 0.717) is 27.8 Å². The number of thioether (sulfide) groups is 1. The van der Waals surface area contributed by atoms with Crippen LogP contribution in [-0.4, -0.2) is 29.0 Å². The highest BCUT2D eigenvalue weighted by molar-refractivity contribution is 7.99. The summed E-state index contributed by atoms with van der Waals surface area (Å²) in [5.41, 5.74) is 8.41. The first-order valence-electron chi connectivity index (χ1n) is 10.4. The number of hydrogen-bond donors (Lipinski definition) is 2. The molecule has 2 aromatic carbocycles. The first kappa shape index (κ1) is 25.6. The van der Waals surface area contributed by atoms with Gasteiger partial charge in [-0.05, 0) is 41.8 Å². The van der Waals surface area contributed by atoms with E-state index in [4.69, 9.17) is 17.3 Å². The van der Waals surface area contributed by atoms with Crippen LogP contribution in [0.3, 0.4) is 0 Å². The van der Waals surface area contributed by atoms with Crippen molar-refractivity contribution >= 4 is 63.9 Å². The average molecular weight is 523 g/mol. The Labute approximate surface area is 213 Å². The third-order valence-electron chi connectivity index (χ3n) is 5.30. The summed E-state index contributed by atoms with van der Waals surface area (Å²) in [5.74, 6) is 0.0357. The standard InChI is InChI=1S/C24H24ClN3O2S2.ClH/c25-17-6-8-18(9-7-17)31-13-11-21(29)27-24-22(23(26)30)19-10-12-28(15-20(19)32-24)14-16-4-2-1-3-5-16;/h1-9H,10-15H2,(H2,26,30)(H,27,29);1H. The molecule has 0 bridgehead atoms. The molecule has 2 amide bonds. The van der Waals surface area contributed by atoms with Crippen LogP contribution in [-0.2, 0) is 24.3 Å². The fourth-order valence-corrected chi connectivity index (χ4v) is 6.05. The lowest BCUT2D eigenvalue weighted by Crippen LogP contribution is -2.30. The topological polar surface area (TPSA) is 75.4 Å². The Kier molecular flexibility index (Phi) is 9.23. The molecule has 0 radical (unpaired) electrons. The molecule has 1 aromatic heterocycles. The molecule has 3 N–H and O–H groups in total. The van der Waals surface area contributed by atoms with Gasteiger partial charge in [-0.25, -0.2) is 0 Å². The molecule has 33 heavy (non-hydrogen) atoms. The molecule has 3 aromatic rings. The predicted octanol–water partition coefficient (Wildman–Crippen LogP) is 5.60. The second kappa shape index (κ2) is 11.9. The van der Waals surface area contributed by atoms with Gasteiger partial charge in [0.25, 0.3) is 5.91 Å². The van der Waals surface area contributed by atoms with Crippen molar-refractivity contribution in [3.8, 4) is 0 Å². The monoisotopic (exact) mass is 521 g/mol. The normalized spacial score (nSPS) is 13.1. The first-order chi connectivity index (χ1) is 15.5. The number of halogens is 2. The first-order valence-corrected chi connectivity index (χ1v) is 12.6. The number of nitrogens with zero attached hydrogens (tertiary/aromatic N) is 1. The van der Waals surface area contributed by atoms with Crippen LogP contribution in [0.5, 0.6) is 0 Å². The lowest BCUT2D eigenvalue weighted by molar-refractivity contribution is -0.115. The molecule has 0 saturated heterocycles. The van der Waals surface area contributed by atoms with E-state index in [0.717, 1.165) is 41.4 Å². The van der Waals surface area contributed by atoms with Crippen LogP contribution in [0.15, 0.2) is 59.5 Å². The minimum Gasteiger partial charge on any atom is -0.365 e. The van der Waals surface area contributed by atoms with Gasteiger partial charge in [0.15, 0.2) is 0 Å². The van der Waals surface area contributed by atoms with Gasteiger partial charge in [0.2, 0.25) is 5.91 Å². The fraction of sp³-hybridized carbons (Fsp3) is 0.250. The number of hydrogen-bond acceptors (Lipinski definition) is 5. The van der Waals surface area contributed by atoms with Crippen LogP contribution >= 0.6 is 47.1 Å². The summed E-state index contributed by atoms with van der Waals surface area (Å²) in [7, 11) is 0. The van der Waals surface area contributed by atoms with Crippen molar-refractivity contribution < 1.29 is 9.59 Å². The van der Waals surface area contributed by atoms with E-state index in [2.05, 4.69) is 22.3 Å². The zero-order chi connectivity index (χ0) is 22.5. The van der Waals surface area contributed by atoms with Gasteiger partial charge in [-0.15, -0.1) is 35.5 Å². The predicted molar refractivity (Wildman–Crippen MR) is 140 cm³/mol. The van der Waals surface area contributed by atoms with Gasteiger partial charge in [-0.3, -0.25) is 14.5 Å². The van der Waals surface area contributed by atoms with E-state index in [9.17, 15) is 9.59 Å². The Bertz CT molecular complexity index is 1100. The highest BCUT2D eigenvalue weighted by Crippen LogP contribution is 2.37. The molecule has 1 aliphatic heterocycles. The maximum absolute atomic E-state index is 12.5. The van der Waals surface area contributed by atoms with Gasteiger partial charge >= 0.3 is 0 Å². The number of benzene rings is 2. The highest BCUT2D eigenvalue weighted by atomic mass is 35.5. The van der Waals surface area contributed by atoms with Crippen LogP contribution in [0.1, 0.15) is 32.8 Å². The zero-order valence-electron chi connectivity index (χ0n) is 17.9. The molecule has 174 valence electrons. The molecule has 2 heterocycles. The molecular weight excluding hydrogens is 497 g/mol. The Balaban J connectivity index is 0.00000306. The van der Waals surface area contributed by atoms with Crippen LogP contribution < -0.4 is 11.1 Å². The molecule has 0 spiro atoms. The van der Waals surface area contributed by atoms with E-state index in [-0.39, 0.29) is 18.3 Å². The maximum atomic E-state index is 12.5. The number of carbonyl (C=O) groups excluding carboxylic acids is 2. The van der Waals surface area contributed by atoms with Gasteiger partial charge in [0, 0.05) is 46.6 Å². The molecule has 0 fully saturated rings. The molecule has 9 heteroatoms. The summed E-state index contributed by atoms with van der Waals surface area (Å²) in [4.78, 5) is 29.3. The number of nitrogens with two attached hydrogens (primary N) is 1. The molecular formula is C24H25Cl2N3O2S2. The SMILES string of the molecule is Cl.NC(=O)c1c(NC(=O)CCSc2ccc(Cl)cc2)sc2c1CCN(Cc1ccccc1)C2. The largest absolute Gasteiger partial charge is 0.365 e. The van der Waals surface area contributed by atoms with E-state index >= 15 is 0 Å². The third kappa shape index (κ3) is 6.74. The summed E-state index contributed by atoms with van der Waals surface area (Å²) in [5, 5.41) is 4.20. The molecule has 0 saturated carbocycles. The zero-order valence-corrected chi connectivity index (χ0v) is 21.1.